The average Bonchev–Trinajstić information content (AvgIpc) is 3.20. The average molecular weight is 405 g/mol. The highest BCUT2D eigenvalue weighted by Gasteiger charge is 2.26. The Balaban J connectivity index is 1.41. The second-order valence-corrected chi connectivity index (χ2v) is 7.40. The second-order valence-electron chi connectivity index (χ2n) is 7.40. The molecule has 0 unspecified atom stereocenters. The lowest BCUT2D eigenvalue weighted by Gasteiger charge is -2.39. The standard InChI is InChI=1S/C20H23N9O/c1-13-11-28(20-22-7-4-8-23-20)10-9-27(13)12-16-24-18-14-5-3-6-15(30-2)17(14)25-19(21)29(18)26-16/h3-8,13H,9-12H2,1-2H3,(H2,21,25)/t13-/m1/s1. The van der Waals surface area contributed by atoms with E-state index in [0.29, 0.717) is 35.4 Å². The number of methoxy groups -OCH3 is 1. The molecule has 1 atom stereocenters. The van der Waals surface area contributed by atoms with Crippen LogP contribution in [0.25, 0.3) is 16.6 Å². The van der Waals surface area contributed by atoms with E-state index in [9.17, 15) is 0 Å². The minimum atomic E-state index is 0.292. The second kappa shape index (κ2) is 7.38. The van der Waals surface area contributed by atoms with Crippen molar-refractivity contribution in [2.45, 2.75) is 19.5 Å². The molecule has 154 valence electrons. The van der Waals surface area contributed by atoms with Crippen molar-refractivity contribution < 1.29 is 4.74 Å². The van der Waals surface area contributed by atoms with Crippen LogP contribution < -0.4 is 15.4 Å². The van der Waals surface area contributed by atoms with Gasteiger partial charge in [-0.3, -0.25) is 4.90 Å². The third kappa shape index (κ3) is 3.14. The van der Waals surface area contributed by atoms with Crippen LogP contribution in [0, 0.1) is 0 Å². The van der Waals surface area contributed by atoms with E-state index in [4.69, 9.17) is 15.5 Å². The predicted molar refractivity (Wildman–Crippen MR) is 113 cm³/mol. The normalized spacial score (nSPS) is 17.7. The number of anilines is 2. The molecule has 1 fully saturated rings. The molecule has 0 amide bonds. The topological polar surface area (TPSA) is 111 Å². The molecule has 0 radical (unpaired) electrons. The zero-order valence-electron chi connectivity index (χ0n) is 16.9. The van der Waals surface area contributed by atoms with Crippen LogP contribution in [-0.2, 0) is 6.54 Å². The number of para-hydroxylation sites is 1. The first-order valence-corrected chi connectivity index (χ1v) is 9.88. The summed E-state index contributed by atoms with van der Waals surface area (Å²) >= 11 is 0. The number of nitrogens with two attached hydrogens (primary N) is 1. The minimum Gasteiger partial charge on any atom is -0.494 e. The Morgan fingerprint density at radius 3 is 2.73 bits per heavy atom. The van der Waals surface area contributed by atoms with E-state index in [1.807, 2.05) is 24.3 Å². The van der Waals surface area contributed by atoms with Crippen molar-refractivity contribution in [3.63, 3.8) is 0 Å². The van der Waals surface area contributed by atoms with Gasteiger partial charge >= 0.3 is 0 Å². The van der Waals surface area contributed by atoms with E-state index < -0.39 is 0 Å². The summed E-state index contributed by atoms with van der Waals surface area (Å²) in [5.74, 6) is 2.45. The number of nitrogens with zero attached hydrogens (tertiary/aromatic N) is 8. The highest BCUT2D eigenvalue weighted by atomic mass is 16.5. The fourth-order valence-electron chi connectivity index (χ4n) is 3.95. The van der Waals surface area contributed by atoms with Gasteiger partial charge in [-0.1, -0.05) is 6.07 Å². The zero-order valence-corrected chi connectivity index (χ0v) is 16.9. The first-order valence-electron chi connectivity index (χ1n) is 9.88. The summed E-state index contributed by atoms with van der Waals surface area (Å²) in [4.78, 5) is 22.6. The summed E-state index contributed by atoms with van der Waals surface area (Å²) in [6.07, 6.45) is 3.55. The lowest BCUT2D eigenvalue weighted by molar-refractivity contribution is 0.176. The van der Waals surface area contributed by atoms with E-state index in [2.05, 4.69) is 36.8 Å². The van der Waals surface area contributed by atoms with Gasteiger partial charge in [-0.05, 0) is 25.1 Å². The highest BCUT2D eigenvalue weighted by Crippen LogP contribution is 2.27. The van der Waals surface area contributed by atoms with Gasteiger partial charge in [-0.25, -0.2) is 19.9 Å². The number of hydrogen-bond acceptors (Lipinski definition) is 9. The molecule has 0 aliphatic carbocycles. The van der Waals surface area contributed by atoms with Gasteiger partial charge in [0.1, 0.15) is 11.3 Å². The van der Waals surface area contributed by atoms with Crippen molar-refractivity contribution in [3.05, 3.63) is 42.5 Å². The molecule has 1 aliphatic heterocycles. The summed E-state index contributed by atoms with van der Waals surface area (Å²) in [6.45, 7) is 5.41. The maximum Gasteiger partial charge on any atom is 0.225 e. The number of fused-ring (bicyclic) bond motifs is 3. The Labute approximate surface area is 173 Å². The molecule has 1 aliphatic rings. The van der Waals surface area contributed by atoms with Gasteiger partial charge in [-0.2, -0.15) is 4.52 Å². The fraction of sp³-hybridized carbons (Fsp3) is 0.350. The van der Waals surface area contributed by atoms with E-state index in [-0.39, 0.29) is 0 Å². The summed E-state index contributed by atoms with van der Waals surface area (Å²) < 4.78 is 7.03. The number of hydrogen-bond donors (Lipinski definition) is 1. The zero-order chi connectivity index (χ0) is 20.7. The molecule has 3 aromatic heterocycles. The Morgan fingerprint density at radius 1 is 1.13 bits per heavy atom. The Hall–Kier alpha value is -3.53. The maximum absolute atomic E-state index is 6.16. The molecule has 1 saturated heterocycles. The largest absolute Gasteiger partial charge is 0.494 e. The molecule has 1 aromatic carbocycles. The number of ether oxygens (including phenoxy) is 1. The Morgan fingerprint density at radius 2 is 1.97 bits per heavy atom. The number of aromatic nitrogens is 6. The molecule has 4 heterocycles. The molecule has 5 rings (SSSR count). The molecule has 30 heavy (non-hydrogen) atoms. The van der Waals surface area contributed by atoms with Crippen molar-refractivity contribution in [1.29, 1.82) is 0 Å². The number of piperazine rings is 1. The van der Waals surface area contributed by atoms with Gasteiger partial charge in [0.15, 0.2) is 11.5 Å². The van der Waals surface area contributed by atoms with Gasteiger partial charge in [0.2, 0.25) is 11.9 Å². The smallest absolute Gasteiger partial charge is 0.225 e. The summed E-state index contributed by atoms with van der Waals surface area (Å²) in [7, 11) is 1.62. The molecule has 4 aromatic rings. The van der Waals surface area contributed by atoms with E-state index in [1.54, 1.807) is 24.0 Å². The lowest BCUT2D eigenvalue weighted by Crippen LogP contribution is -2.52. The molecule has 2 N–H and O–H groups in total. The molecule has 0 saturated carbocycles. The van der Waals surface area contributed by atoms with Crippen LogP contribution in [0.2, 0.25) is 0 Å². The van der Waals surface area contributed by atoms with Gasteiger partial charge in [-0.15, -0.1) is 5.10 Å². The van der Waals surface area contributed by atoms with E-state index >= 15 is 0 Å². The maximum atomic E-state index is 6.16. The molecular formula is C20H23N9O. The van der Waals surface area contributed by atoms with Crippen molar-refractivity contribution in [1.82, 2.24) is 34.4 Å². The lowest BCUT2D eigenvalue weighted by atomic mass is 10.2. The highest BCUT2D eigenvalue weighted by molar-refractivity contribution is 5.95. The summed E-state index contributed by atoms with van der Waals surface area (Å²) in [5.41, 5.74) is 7.54. The first kappa shape index (κ1) is 18.5. The Bertz CT molecular complexity index is 1190. The van der Waals surface area contributed by atoms with Gasteiger partial charge in [0.05, 0.1) is 13.7 Å². The quantitative estimate of drug-likeness (QED) is 0.538. The molecular weight excluding hydrogens is 382 g/mol. The minimum absolute atomic E-state index is 0.292. The van der Waals surface area contributed by atoms with E-state index in [1.165, 1.54) is 0 Å². The molecule has 0 bridgehead atoms. The number of nitrogen functional groups attached to an aromatic ring is 1. The third-order valence-electron chi connectivity index (χ3n) is 5.50. The third-order valence-corrected chi connectivity index (χ3v) is 5.50. The van der Waals surface area contributed by atoms with Crippen molar-refractivity contribution in [3.8, 4) is 5.75 Å². The van der Waals surface area contributed by atoms with Crippen LogP contribution in [0.15, 0.2) is 36.7 Å². The van der Waals surface area contributed by atoms with Crippen LogP contribution in [0.5, 0.6) is 5.75 Å². The van der Waals surface area contributed by atoms with Crippen molar-refractivity contribution >= 4 is 28.4 Å². The first-order chi connectivity index (χ1) is 14.6. The van der Waals surface area contributed by atoms with Crippen LogP contribution in [0.1, 0.15) is 12.7 Å². The Kier molecular flexibility index (Phi) is 4.55. The van der Waals surface area contributed by atoms with Crippen molar-refractivity contribution in [2.24, 2.45) is 0 Å². The van der Waals surface area contributed by atoms with Crippen molar-refractivity contribution in [2.75, 3.05) is 37.4 Å². The molecule has 0 spiro atoms. The van der Waals surface area contributed by atoms with Crippen LogP contribution in [0.3, 0.4) is 0 Å². The van der Waals surface area contributed by atoms with E-state index in [0.717, 1.165) is 36.8 Å². The molecule has 10 heteroatoms. The van der Waals surface area contributed by atoms with Crippen LogP contribution in [-0.4, -0.2) is 67.2 Å². The van der Waals surface area contributed by atoms with Gasteiger partial charge in [0, 0.05) is 43.5 Å². The van der Waals surface area contributed by atoms with Gasteiger partial charge in [0.25, 0.3) is 0 Å². The SMILES string of the molecule is COc1cccc2c1nc(N)n1nc(CN3CCN(c4ncccn4)C[C@H]3C)nc21. The number of rotatable bonds is 4. The summed E-state index contributed by atoms with van der Waals surface area (Å²) in [5, 5.41) is 5.48. The van der Waals surface area contributed by atoms with Crippen LogP contribution >= 0.6 is 0 Å². The van der Waals surface area contributed by atoms with Crippen LogP contribution in [0.4, 0.5) is 11.9 Å². The monoisotopic (exact) mass is 405 g/mol. The number of benzene rings is 1. The fourth-order valence-corrected chi connectivity index (χ4v) is 3.95. The summed E-state index contributed by atoms with van der Waals surface area (Å²) in [6, 6.07) is 7.87. The predicted octanol–water partition coefficient (Wildman–Crippen LogP) is 1.37. The van der Waals surface area contributed by atoms with Gasteiger partial charge < -0.3 is 15.4 Å². The molecule has 10 nitrogen and oxygen atoms in total.